The van der Waals surface area contributed by atoms with Gasteiger partial charge in [0.1, 0.15) is 10.8 Å². The minimum atomic E-state index is -3.75. The molecule has 0 atom stereocenters. The molecular weight excluding hydrogens is 353 g/mol. The van der Waals surface area contributed by atoms with Crippen molar-refractivity contribution < 1.29 is 13.5 Å². The molecule has 0 spiro atoms. The summed E-state index contributed by atoms with van der Waals surface area (Å²) in [7, 11) is -3.75. The number of hydrogen-bond acceptors (Lipinski definition) is 4. The quantitative estimate of drug-likeness (QED) is 0.824. The van der Waals surface area contributed by atoms with E-state index in [4.69, 9.17) is 28.3 Å². The topological polar surface area (TPSA) is 66.4 Å². The fraction of sp³-hybridized carbons (Fsp3) is 0.0769. The van der Waals surface area contributed by atoms with Gasteiger partial charge in [0, 0.05) is 5.56 Å². The summed E-state index contributed by atoms with van der Waals surface area (Å²) in [6.07, 6.45) is 0. The van der Waals surface area contributed by atoms with Gasteiger partial charge in [0.2, 0.25) is 0 Å². The summed E-state index contributed by atoms with van der Waals surface area (Å²) in [5, 5.41) is 8.91. The van der Waals surface area contributed by atoms with E-state index in [-0.39, 0.29) is 21.5 Å². The molecule has 2 N–H and O–H groups in total. The molecule has 0 saturated heterocycles. The Morgan fingerprint density at radius 1 is 1.24 bits per heavy atom. The number of aliphatic hydroxyl groups is 1. The van der Waals surface area contributed by atoms with Crippen molar-refractivity contribution in [1.82, 2.24) is 0 Å². The van der Waals surface area contributed by atoms with Crippen molar-refractivity contribution in [2.24, 2.45) is 0 Å². The molecule has 1 aromatic heterocycles. The molecule has 0 bridgehead atoms. The first-order chi connectivity index (χ1) is 9.92. The lowest BCUT2D eigenvalue weighted by molar-refractivity contribution is 0.350. The summed E-state index contributed by atoms with van der Waals surface area (Å²) < 4.78 is 27.3. The van der Waals surface area contributed by atoms with Crippen LogP contribution in [0.4, 0.5) is 5.69 Å². The Balaban J connectivity index is 2.34. The Labute approximate surface area is 136 Å². The lowest BCUT2D eigenvalue weighted by Gasteiger charge is -2.08. The van der Waals surface area contributed by atoms with E-state index in [0.29, 0.717) is 9.90 Å². The Morgan fingerprint density at radius 2 is 2.00 bits per heavy atom. The number of sulfonamides is 1. The molecule has 0 saturated carbocycles. The molecule has 21 heavy (non-hydrogen) atoms. The van der Waals surface area contributed by atoms with Crippen LogP contribution < -0.4 is 4.72 Å². The Hall–Kier alpha value is -1.23. The molecule has 0 aliphatic heterocycles. The van der Waals surface area contributed by atoms with E-state index in [0.717, 1.165) is 11.3 Å². The van der Waals surface area contributed by atoms with E-state index >= 15 is 0 Å². The average molecular weight is 362 g/mol. The first-order valence-electron chi connectivity index (χ1n) is 5.60. The third-order valence-corrected chi connectivity index (χ3v) is 5.75. The van der Waals surface area contributed by atoms with Crippen molar-refractivity contribution in [3.63, 3.8) is 0 Å². The second kappa shape index (κ2) is 6.69. The molecule has 1 aromatic carbocycles. The van der Waals surface area contributed by atoms with Crippen molar-refractivity contribution in [3.05, 3.63) is 45.3 Å². The Kier molecular flexibility index (Phi) is 5.14. The number of halogens is 2. The monoisotopic (exact) mass is 361 g/mol. The highest BCUT2D eigenvalue weighted by atomic mass is 35.5. The summed E-state index contributed by atoms with van der Waals surface area (Å²) in [6.45, 7) is -0.280. The number of anilines is 1. The van der Waals surface area contributed by atoms with E-state index < -0.39 is 10.0 Å². The maximum Gasteiger partial charge on any atom is 0.271 e. The normalized spacial score (nSPS) is 10.8. The SMILES string of the molecule is O=S(=O)(Nc1cc(C#CCO)ccc1Cl)c1ccc(Cl)s1. The summed E-state index contributed by atoms with van der Waals surface area (Å²) in [4.78, 5) is 0. The van der Waals surface area contributed by atoms with Gasteiger partial charge in [0.25, 0.3) is 10.0 Å². The van der Waals surface area contributed by atoms with Crippen LogP contribution in [0.5, 0.6) is 0 Å². The third-order valence-electron chi connectivity index (χ3n) is 2.34. The van der Waals surface area contributed by atoms with Crippen LogP contribution in [0.25, 0.3) is 0 Å². The Bertz CT molecular complexity index is 819. The lowest BCUT2D eigenvalue weighted by Crippen LogP contribution is -2.11. The molecular formula is C13H9Cl2NO3S2. The predicted octanol–water partition coefficient (Wildman–Crippen LogP) is 3.20. The van der Waals surface area contributed by atoms with E-state index in [1.54, 1.807) is 6.07 Å². The molecule has 2 aromatic rings. The molecule has 8 heteroatoms. The summed E-state index contributed by atoms with van der Waals surface area (Å²) in [5.41, 5.74) is 0.751. The van der Waals surface area contributed by atoms with Crippen LogP contribution >= 0.6 is 34.5 Å². The number of thiophene rings is 1. The maximum absolute atomic E-state index is 12.2. The van der Waals surface area contributed by atoms with Crippen molar-refractivity contribution >= 4 is 50.2 Å². The molecule has 0 aliphatic rings. The van der Waals surface area contributed by atoms with Gasteiger partial charge < -0.3 is 5.11 Å². The van der Waals surface area contributed by atoms with Gasteiger partial charge in [-0.1, -0.05) is 35.0 Å². The second-order valence-electron chi connectivity index (χ2n) is 3.82. The van der Waals surface area contributed by atoms with Crippen LogP contribution in [0.15, 0.2) is 34.5 Å². The molecule has 4 nitrogen and oxygen atoms in total. The number of rotatable bonds is 3. The molecule has 110 valence electrons. The summed E-state index contributed by atoms with van der Waals surface area (Å²) in [5.74, 6) is 5.16. The second-order valence-corrected chi connectivity index (χ2v) is 7.85. The van der Waals surface area contributed by atoms with Crippen LogP contribution in [0.2, 0.25) is 9.36 Å². The van der Waals surface area contributed by atoms with Crippen molar-refractivity contribution in [3.8, 4) is 11.8 Å². The zero-order chi connectivity index (χ0) is 15.5. The highest BCUT2D eigenvalue weighted by molar-refractivity contribution is 7.94. The van der Waals surface area contributed by atoms with Gasteiger partial charge in [0.15, 0.2) is 0 Å². The van der Waals surface area contributed by atoms with E-state index in [2.05, 4.69) is 16.6 Å². The fourth-order valence-electron chi connectivity index (χ4n) is 1.46. The number of hydrogen-bond donors (Lipinski definition) is 2. The van der Waals surface area contributed by atoms with E-state index in [1.165, 1.54) is 24.3 Å². The molecule has 2 rings (SSSR count). The average Bonchev–Trinajstić information content (AvgIpc) is 2.87. The molecule has 0 radical (unpaired) electrons. The molecule has 0 amide bonds. The first kappa shape index (κ1) is 16.1. The smallest absolute Gasteiger partial charge is 0.271 e. The lowest BCUT2D eigenvalue weighted by atomic mass is 10.2. The maximum atomic E-state index is 12.2. The third kappa shape index (κ3) is 4.13. The van der Waals surface area contributed by atoms with Gasteiger partial charge in [0.05, 0.1) is 15.0 Å². The van der Waals surface area contributed by atoms with Crippen LogP contribution in [0.3, 0.4) is 0 Å². The van der Waals surface area contributed by atoms with Gasteiger partial charge in [-0.2, -0.15) is 0 Å². The van der Waals surface area contributed by atoms with Crippen LogP contribution in [-0.4, -0.2) is 20.1 Å². The number of benzene rings is 1. The fourth-order valence-corrected chi connectivity index (χ4v) is 4.23. The first-order valence-corrected chi connectivity index (χ1v) is 8.65. The van der Waals surface area contributed by atoms with Crippen molar-refractivity contribution in [1.29, 1.82) is 0 Å². The van der Waals surface area contributed by atoms with Crippen LogP contribution in [0.1, 0.15) is 5.56 Å². The predicted molar refractivity (Wildman–Crippen MR) is 85.6 cm³/mol. The van der Waals surface area contributed by atoms with E-state index in [9.17, 15) is 8.42 Å². The van der Waals surface area contributed by atoms with Gasteiger partial charge in [-0.05, 0) is 30.3 Å². The van der Waals surface area contributed by atoms with Gasteiger partial charge in [-0.3, -0.25) is 4.72 Å². The molecule has 0 fully saturated rings. The molecule has 1 heterocycles. The standard InChI is InChI=1S/C13H9Cl2NO3S2/c14-10-4-3-9(2-1-7-17)8-11(10)16-21(18,19)13-6-5-12(15)20-13/h3-6,8,16-17H,7H2. The van der Waals surface area contributed by atoms with Crippen LogP contribution in [0, 0.1) is 11.8 Å². The number of aliphatic hydroxyl groups excluding tert-OH is 1. The van der Waals surface area contributed by atoms with E-state index in [1.807, 2.05) is 0 Å². The molecule has 0 aliphatic carbocycles. The minimum Gasteiger partial charge on any atom is -0.384 e. The highest BCUT2D eigenvalue weighted by Crippen LogP contribution is 2.30. The summed E-state index contributed by atoms with van der Waals surface area (Å²) >= 11 is 12.7. The van der Waals surface area contributed by atoms with Crippen molar-refractivity contribution in [2.45, 2.75) is 4.21 Å². The zero-order valence-electron chi connectivity index (χ0n) is 10.4. The van der Waals surface area contributed by atoms with Gasteiger partial charge in [-0.25, -0.2) is 8.42 Å². The van der Waals surface area contributed by atoms with Gasteiger partial charge in [-0.15, -0.1) is 11.3 Å². The number of nitrogens with one attached hydrogen (secondary N) is 1. The zero-order valence-corrected chi connectivity index (χ0v) is 13.6. The highest BCUT2D eigenvalue weighted by Gasteiger charge is 2.18. The minimum absolute atomic E-state index is 0.0930. The van der Waals surface area contributed by atoms with Crippen molar-refractivity contribution in [2.75, 3.05) is 11.3 Å². The molecule has 0 unspecified atom stereocenters. The van der Waals surface area contributed by atoms with Crippen LogP contribution in [-0.2, 0) is 10.0 Å². The van der Waals surface area contributed by atoms with Gasteiger partial charge >= 0.3 is 0 Å². The summed E-state index contributed by atoms with van der Waals surface area (Å²) in [6, 6.07) is 7.58. The Morgan fingerprint density at radius 3 is 2.62 bits per heavy atom. The largest absolute Gasteiger partial charge is 0.384 e.